The van der Waals surface area contributed by atoms with E-state index < -0.39 is 23.3 Å². The zero-order chi connectivity index (χ0) is 33.5. The van der Waals surface area contributed by atoms with Gasteiger partial charge in [-0.3, -0.25) is 19.2 Å². The van der Waals surface area contributed by atoms with Crippen LogP contribution in [0, 0.1) is 0 Å². The number of carbonyl (C=O) groups is 4. The third-order valence-corrected chi connectivity index (χ3v) is 7.65. The number of ether oxygens (including phenoxy) is 7. The summed E-state index contributed by atoms with van der Waals surface area (Å²) in [7, 11) is 9.99. The van der Waals surface area contributed by atoms with E-state index in [4.69, 9.17) is 33.2 Å². The second-order valence-electron chi connectivity index (χ2n) is 10.0. The Morgan fingerprint density at radius 3 is 1.91 bits per heavy atom. The van der Waals surface area contributed by atoms with Crippen LogP contribution in [0.3, 0.4) is 0 Å². The van der Waals surface area contributed by atoms with Crippen molar-refractivity contribution in [2.75, 3.05) is 49.8 Å². The maximum Gasteiger partial charge on any atom is 0.223 e. The highest BCUT2D eigenvalue weighted by Crippen LogP contribution is 2.45. The minimum Gasteiger partial charge on any atom is -0.497 e. The van der Waals surface area contributed by atoms with E-state index in [1.165, 1.54) is 68.0 Å². The highest BCUT2D eigenvalue weighted by Gasteiger charge is 2.33. The van der Waals surface area contributed by atoms with Crippen LogP contribution in [0.15, 0.2) is 65.9 Å². The Bertz CT molecular complexity index is 1750. The molecule has 3 aromatic carbocycles. The van der Waals surface area contributed by atoms with E-state index in [0.29, 0.717) is 34.7 Å². The number of allylic oxidation sites excluding steroid dienone is 3. The molecule has 46 heavy (non-hydrogen) atoms. The summed E-state index contributed by atoms with van der Waals surface area (Å²) in [4.78, 5) is 53.0. The number of carbonyl (C=O) groups excluding carboxylic acids is 4. The molecular formula is C35H34O11. The molecule has 0 bridgehead atoms. The number of methoxy groups -OCH3 is 7. The largest absolute Gasteiger partial charge is 0.497 e. The summed E-state index contributed by atoms with van der Waals surface area (Å²) < 4.78 is 38.3. The molecule has 11 heteroatoms. The van der Waals surface area contributed by atoms with E-state index in [9.17, 15) is 19.2 Å². The highest BCUT2D eigenvalue weighted by atomic mass is 16.5. The summed E-state index contributed by atoms with van der Waals surface area (Å²) in [5.74, 6) is -0.530. The zero-order valence-electron chi connectivity index (χ0n) is 26.5. The van der Waals surface area contributed by atoms with E-state index in [0.717, 1.165) is 6.08 Å². The molecule has 0 saturated carbocycles. The summed E-state index contributed by atoms with van der Waals surface area (Å²) in [5.41, 5.74) is 1.42. The molecule has 4 rings (SSSR count). The average molecular weight is 631 g/mol. The monoisotopic (exact) mass is 630 g/mol. The first-order chi connectivity index (χ1) is 22.2. The second kappa shape index (κ2) is 14.5. The van der Waals surface area contributed by atoms with Gasteiger partial charge in [0.15, 0.2) is 46.6 Å². The number of Topliss-reactive ketones (excluding diaryl/α,β-unsaturated/α-hetero) is 1. The van der Waals surface area contributed by atoms with Crippen LogP contribution >= 0.6 is 0 Å². The minimum absolute atomic E-state index is 0.100. The van der Waals surface area contributed by atoms with E-state index in [1.807, 2.05) is 0 Å². The normalized spacial score (nSPS) is 13.2. The molecule has 0 heterocycles. The maximum atomic E-state index is 14.4. The summed E-state index contributed by atoms with van der Waals surface area (Å²) >= 11 is 0. The van der Waals surface area contributed by atoms with Crippen LogP contribution in [0.25, 0.3) is 0 Å². The summed E-state index contributed by atoms with van der Waals surface area (Å²) in [5, 5.41) is 0. The molecule has 3 aromatic rings. The first-order valence-corrected chi connectivity index (χ1v) is 14.0. The van der Waals surface area contributed by atoms with E-state index in [2.05, 4.69) is 0 Å². The van der Waals surface area contributed by atoms with Gasteiger partial charge in [0.1, 0.15) is 11.5 Å². The highest BCUT2D eigenvalue weighted by molar-refractivity contribution is 6.19. The van der Waals surface area contributed by atoms with Crippen molar-refractivity contribution >= 4 is 23.6 Å². The number of aldehydes is 1. The quantitative estimate of drug-likeness (QED) is 0.137. The molecule has 0 aromatic heterocycles. The molecule has 0 spiro atoms. The van der Waals surface area contributed by atoms with Crippen molar-refractivity contribution in [2.24, 2.45) is 0 Å². The predicted molar refractivity (Wildman–Crippen MR) is 167 cm³/mol. The SMILES string of the molecule is COC1=CC(=O)C=C(CC(c2cc(OC)c(OC)cc2C(=O)c2ccc(OC)c(OC)c2)c2c(C=O)cc(OC)cc2OC)C1=O. The Morgan fingerprint density at radius 2 is 1.33 bits per heavy atom. The number of benzene rings is 3. The van der Waals surface area contributed by atoms with Gasteiger partial charge in [0.2, 0.25) is 5.78 Å². The standard InChI is InChI=1S/C35H34O11/c1-40-23-11-21(18-36)33(31(15-23)45-6)25(12-20-10-22(37)14-32(46-7)35(20)39)24-16-29(43-4)30(44-5)17-26(24)34(38)19-8-9-27(41-2)28(13-19)42-3/h8-11,13-18,25H,12H2,1-7H3. The van der Waals surface area contributed by atoms with Crippen LogP contribution < -0.4 is 28.4 Å². The molecule has 0 amide bonds. The van der Waals surface area contributed by atoms with Crippen LogP contribution in [0.5, 0.6) is 34.5 Å². The summed E-state index contributed by atoms with van der Waals surface area (Å²) in [6, 6.07) is 11.0. The van der Waals surface area contributed by atoms with E-state index >= 15 is 0 Å². The number of hydrogen-bond acceptors (Lipinski definition) is 11. The van der Waals surface area contributed by atoms with Crippen LogP contribution in [-0.4, -0.2) is 73.4 Å². The third-order valence-electron chi connectivity index (χ3n) is 7.65. The first-order valence-electron chi connectivity index (χ1n) is 14.0. The molecule has 1 unspecified atom stereocenters. The van der Waals surface area contributed by atoms with Gasteiger partial charge in [-0.25, -0.2) is 0 Å². The third kappa shape index (κ3) is 6.44. The second-order valence-corrected chi connectivity index (χ2v) is 10.0. The Kier molecular flexibility index (Phi) is 10.5. The Morgan fingerprint density at radius 1 is 0.696 bits per heavy atom. The lowest BCUT2D eigenvalue weighted by Crippen LogP contribution is -2.20. The molecule has 1 aliphatic rings. The topological polar surface area (TPSA) is 133 Å². The first kappa shape index (κ1) is 33.3. The van der Waals surface area contributed by atoms with Gasteiger partial charge >= 0.3 is 0 Å². The molecular weight excluding hydrogens is 596 g/mol. The average Bonchev–Trinajstić information content (AvgIpc) is 3.09. The minimum atomic E-state index is -0.917. The summed E-state index contributed by atoms with van der Waals surface area (Å²) in [6.45, 7) is 0. The fourth-order valence-corrected chi connectivity index (χ4v) is 5.41. The van der Waals surface area contributed by atoms with Crippen molar-refractivity contribution in [2.45, 2.75) is 12.3 Å². The van der Waals surface area contributed by atoms with E-state index in [1.54, 1.807) is 30.3 Å². The molecule has 240 valence electrons. The van der Waals surface area contributed by atoms with Gasteiger partial charge < -0.3 is 33.2 Å². The number of rotatable bonds is 14. The lowest BCUT2D eigenvalue weighted by atomic mass is 9.78. The molecule has 11 nitrogen and oxygen atoms in total. The number of hydrogen-bond donors (Lipinski definition) is 0. The van der Waals surface area contributed by atoms with Crippen LogP contribution in [0.4, 0.5) is 0 Å². The molecule has 1 atom stereocenters. The van der Waals surface area contributed by atoms with Crippen molar-refractivity contribution < 1.29 is 52.3 Å². The van der Waals surface area contributed by atoms with Gasteiger partial charge in [-0.2, -0.15) is 0 Å². The molecule has 0 aliphatic heterocycles. The fraction of sp³-hybridized carbons (Fsp3) is 0.257. The van der Waals surface area contributed by atoms with Crippen molar-refractivity contribution in [1.82, 2.24) is 0 Å². The van der Waals surface area contributed by atoms with Gasteiger partial charge in [-0.15, -0.1) is 0 Å². The molecule has 0 radical (unpaired) electrons. The van der Waals surface area contributed by atoms with Crippen molar-refractivity contribution in [3.8, 4) is 34.5 Å². The van der Waals surface area contributed by atoms with Gasteiger partial charge in [0.05, 0.1) is 49.8 Å². The Balaban J connectivity index is 2.07. The fourth-order valence-electron chi connectivity index (χ4n) is 5.41. The smallest absolute Gasteiger partial charge is 0.223 e. The maximum absolute atomic E-state index is 14.4. The summed E-state index contributed by atoms with van der Waals surface area (Å²) in [6.07, 6.45) is 2.82. The van der Waals surface area contributed by atoms with Gasteiger partial charge in [0.25, 0.3) is 0 Å². The van der Waals surface area contributed by atoms with Crippen LogP contribution in [0.2, 0.25) is 0 Å². The molecule has 0 fully saturated rings. The van der Waals surface area contributed by atoms with Gasteiger partial charge in [0, 0.05) is 45.9 Å². The predicted octanol–water partition coefficient (Wildman–Crippen LogP) is 4.91. The number of ketones is 3. The van der Waals surface area contributed by atoms with Crippen molar-refractivity contribution in [3.63, 3.8) is 0 Å². The van der Waals surface area contributed by atoms with Crippen LogP contribution in [-0.2, 0) is 14.3 Å². The van der Waals surface area contributed by atoms with Crippen molar-refractivity contribution in [3.05, 3.63) is 93.8 Å². The van der Waals surface area contributed by atoms with Gasteiger partial charge in [-0.05, 0) is 54.5 Å². The van der Waals surface area contributed by atoms with Gasteiger partial charge in [-0.1, -0.05) is 0 Å². The van der Waals surface area contributed by atoms with E-state index in [-0.39, 0.29) is 51.7 Å². The molecule has 0 N–H and O–H groups in total. The van der Waals surface area contributed by atoms with Crippen LogP contribution in [0.1, 0.15) is 49.7 Å². The van der Waals surface area contributed by atoms with Crippen molar-refractivity contribution in [1.29, 1.82) is 0 Å². The molecule has 1 aliphatic carbocycles. The Labute approximate surface area is 266 Å². The lowest BCUT2D eigenvalue weighted by molar-refractivity contribution is -0.117. The zero-order valence-corrected chi connectivity index (χ0v) is 26.5. The lowest BCUT2D eigenvalue weighted by Gasteiger charge is -2.27. The Hall–Kier alpha value is -5.58. The molecule has 0 saturated heterocycles.